The molecule has 0 bridgehead atoms. The molecule has 2 aliphatic rings. The Kier molecular flexibility index (Phi) is 8.21. The summed E-state index contributed by atoms with van der Waals surface area (Å²) in [6.45, 7) is 6.16. The van der Waals surface area contributed by atoms with Crippen LogP contribution in [0.25, 0.3) is 0 Å². The van der Waals surface area contributed by atoms with Gasteiger partial charge in [-0.3, -0.25) is 0 Å². The Hall–Kier alpha value is -2.60. The maximum atomic E-state index is 5.78. The van der Waals surface area contributed by atoms with Crippen LogP contribution in [0.2, 0.25) is 0 Å². The van der Waals surface area contributed by atoms with Crippen molar-refractivity contribution < 1.29 is 4.74 Å². The van der Waals surface area contributed by atoms with E-state index in [-0.39, 0.29) is 0 Å². The maximum Gasteiger partial charge on any atom is 0.225 e. The first-order chi connectivity index (χ1) is 16.1. The number of benzene rings is 1. The Morgan fingerprint density at radius 3 is 2.67 bits per heavy atom. The molecule has 0 unspecified atom stereocenters. The molecule has 178 valence electrons. The first-order valence-corrected chi connectivity index (χ1v) is 12.5. The number of fused-ring (bicyclic) bond motifs is 1. The van der Waals surface area contributed by atoms with Gasteiger partial charge in [0.2, 0.25) is 5.95 Å². The number of ether oxygens (including phenoxy) is 1. The second-order valence-electron chi connectivity index (χ2n) is 9.60. The van der Waals surface area contributed by atoms with E-state index >= 15 is 0 Å². The van der Waals surface area contributed by atoms with Crippen LogP contribution in [-0.4, -0.2) is 43.3 Å². The molecule has 1 heterocycles. The largest absolute Gasteiger partial charge is 0.489 e. The molecule has 4 rings (SSSR count). The molecule has 1 saturated carbocycles. The van der Waals surface area contributed by atoms with E-state index < -0.39 is 0 Å². The summed E-state index contributed by atoms with van der Waals surface area (Å²) in [5.41, 5.74) is 3.80. The lowest BCUT2D eigenvalue weighted by atomic mass is 9.86. The molecule has 6 heteroatoms. The number of anilines is 2. The van der Waals surface area contributed by atoms with Gasteiger partial charge in [0.15, 0.2) is 0 Å². The summed E-state index contributed by atoms with van der Waals surface area (Å²) in [5, 5.41) is 7.31. The maximum absolute atomic E-state index is 5.78. The molecule has 0 atom stereocenters. The number of rotatable bonds is 10. The van der Waals surface area contributed by atoms with Crippen molar-refractivity contribution in [1.82, 2.24) is 15.3 Å². The third-order valence-electron chi connectivity index (χ3n) is 6.84. The fourth-order valence-electron chi connectivity index (χ4n) is 5.05. The van der Waals surface area contributed by atoms with Crippen molar-refractivity contribution in [2.45, 2.75) is 64.0 Å². The molecule has 0 spiro atoms. The highest BCUT2D eigenvalue weighted by molar-refractivity contribution is 5.52. The van der Waals surface area contributed by atoms with Crippen molar-refractivity contribution in [1.29, 1.82) is 0 Å². The lowest BCUT2D eigenvalue weighted by Gasteiger charge is -2.30. The topological polar surface area (TPSA) is 62.3 Å². The number of hydrogen-bond acceptors (Lipinski definition) is 6. The van der Waals surface area contributed by atoms with Gasteiger partial charge < -0.3 is 20.3 Å². The van der Waals surface area contributed by atoms with Crippen molar-refractivity contribution in [2.24, 2.45) is 5.92 Å². The third-order valence-corrected chi connectivity index (χ3v) is 6.84. The molecule has 0 amide bonds. The van der Waals surface area contributed by atoms with E-state index in [4.69, 9.17) is 14.7 Å². The first kappa shape index (κ1) is 23.6. The van der Waals surface area contributed by atoms with Crippen molar-refractivity contribution in [2.75, 3.05) is 37.5 Å². The van der Waals surface area contributed by atoms with Gasteiger partial charge in [0.05, 0.1) is 5.69 Å². The molecule has 0 saturated heterocycles. The second-order valence-corrected chi connectivity index (χ2v) is 9.60. The predicted molar refractivity (Wildman–Crippen MR) is 136 cm³/mol. The number of aromatic nitrogens is 2. The van der Waals surface area contributed by atoms with Gasteiger partial charge in [-0.25, -0.2) is 4.98 Å². The van der Waals surface area contributed by atoms with Crippen LogP contribution in [0.15, 0.2) is 36.9 Å². The van der Waals surface area contributed by atoms with Crippen LogP contribution in [0, 0.1) is 5.92 Å². The van der Waals surface area contributed by atoms with Crippen LogP contribution in [0.1, 0.15) is 55.3 Å². The summed E-state index contributed by atoms with van der Waals surface area (Å²) in [6.07, 6.45) is 11.2. The van der Waals surface area contributed by atoms with Crippen LogP contribution in [0.3, 0.4) is 0 Å². The summed E-state index contributed by atoms with van der Waals surface area (Å²) in [4.78, 5) is 11.9. The first-order valence-electron chi connectivity index (χ1n) is 12.5. The molecule has 1 aromatic heterocycles. The highest BCUT2D eigenvalue weighted by atomic mass is 16.5. The molecule has 1 aromatic carbocycles. The van der Waals surface area contributed by atoms with E-state index in [9.17, 15) is 0 Å². The number of hydrogen-bond donors (Lipinski definition) is 2. The van der Waals surface area contributed by atoms with Crippen LogP contribution in [0.4, 0.5) is 11.8 Å². The zero-order chi connectivity index (χ0) is 23.0. The normalized spacial score (nSPS) is 20.1. The molecule has 2 N–H and O–H groups in total. The van der Waals surface area contributed by atoms with Crippen molar-refractivity contribution in [3.8, 4) is 5.75 Å². The number of nitrogens with one attached hydrogen (secondary N) is 2. The summed E-state index contributed by atoms with van der Waals surface area (Å²) in [7, 11) is 4.17. The van der Waals surface area contributed by atoms with Crippen LogP contribution >= 0.6 is 0 Å². The SMILES string of the molecule is C=CCOc1ccccc1CNCC1CCC(Nc2nc3c(c(N(C)C)n2)CCCC3)CC1. The quantitative estimate of drug-likeness (QED) is 0.511. The van der Waals surface area contributed by atoms with Gasteiger partial charge in [-0.1, -0.05) is 30.9 Å². The van der Waals surface area contributed by atoms with E-state index in [1.807, 2.05) is 12.1 Å². The van der Waals surface area contributed by atoms with E-state index in [0.717, 1.165) is 43.4 Å². The molecular weight excluding hydrogens is 410 g/mol. The lowest BCUT2D eigenvalue weighted by Crippen LogP contribution is -2.32. The average Bonchev–Trinajstić information content (AvgIpc) is 2.84. The Morgan fingerprint density at radius 1 is 1.09 bits per heavy atom. The smallest absolute Gasteiger partial charge is 0.225 e. The van der Waals surface area contributed by atoms with Gasteiger partial charge >= 0.3 is 0 Å². The molecular formula is C27H39N5O. The van der Waals surface area contributed by atoms with E-state index in [1.54, 1.807) is 6.08 Å². The molecule has 0 radical (unpaired) electrons. The summed E-state index contributed by atoms with van der Waals surface area (Å²) in [6, 6.07) is 8.71. The van der Waals surface area contributed by atoms with Gasteiger partial charge in [0.25, 0.3) is 0 Å². The highest BCUT2D eigenvalue weighted by Crippen LogP contribution is 2.30. The summed E-state index contributed by atoms with van der Waals surface area (Å²) >= 11 is 0. The number of para-hydroxylation sites is 1. The van der Waals surface area contributed by atoms with E-state index in [0.29, 0.717) is 18.6 Å². The molecule has 0 aliphatic heterocycles. The second kappa shape index (κ2) is 11.5. The standard InChI is InChI=1S/C27H39N5O/c1-4-17-33-25-12-8-5-9-21(25)19-28-18-20-13-15-22(16-14-20)29-27-30-24-11-7-6-10-23(24)26(31-27)32(2)3/h4-5,8-9,12,20,22,28H,1,6-7,10-11,13-19H2,2-3H3,(H,29,30,31). The average molecular weight is 450 g/mol. The number of nitrogens with zero attached hydrogens (tertiary/aromatic N) is 3. The van der Waals surface area contributed by atoms with Crippen LogP contribution in [0.5, 0.6) is 5.75 Å². The monoisotopic (exact) mass is 449 g/mol. The summed E-state index contributed by atoms with van der Waals surface area (Å²) in [5.74, 6) is 3.57. The zero-order valence-corrected chi connectivity index (χ0v) is 20.3. The Bertz CT molecular complexity index is 921. The van der Waals surface area contributed by atoms with Crippen molar-refractivity contribution in [3.05, 3.63) is 53.7 Å². The Balaban J connectivity index is 1.25. The van der Waals surface area contributed by atoms with Crippen LogP contribution < -0.4 is 20.3 Å². The Morgan fingerprint density at radius 2 is 1.88 bits per heavy atom. The van der Waals surface area contributed by atoms with E-state index in [1.165, 1.54) is 55.3 Å². The van der Waals surface area contributed by atoms with Gasteiger partial charge in [-0.05, 0) is 69.9 Å². The highest BCUT2D eigenvalue weighted by Gasteiger charge is 2.24. The number of aryl methyl sites for hydroxylation is 1. The molecule has 6 nitrogen and oxygen atoms in total. The zero-order valence-electron chi connectivity index (χ0n) is 20.3. The van der Waals surface area contributed by atoms with Gasteiger partial charge in [0, 0.05) is 37.8 Å². The Labute approximate surface area is 198 Å². The van der Waals surface area contributed by atoms with E-state index in [2.05, 4.69) is 48.3 Å². The minimum absolute atomic E-state index is 0.464. The fraction of sp³-hybridized carbons (Fsp3) is 0.556. The van der Waals surface area contributed by atoms with Gasteiger partial charge in [0.1, 0.15) is 18.2 Å². The minimum Gasteiger partial charge on any atom is -0.489 e. The molecule has 1 fully saturated rings. The van der Waals surface area contributed by atoms with Gasteiger partial charge in [-0.2, -0.15) is 4.98 Å². The molecule has 2 aromatic rings. The fourth-order valence-corrected chi connectivity index (χ4v) is 5.05. The minimum atomic E-state index is 0.464. The van der Waals surface area contributed by atoms with Crippen molar-refractivity contribution in [3.63, 3.8) is 0 Å². The van der Waals surface area contributed by atoms with Crippen LogP contribution in [-0.2, 0) is 19.4 Å². The van der Waals surface area contributed by atoms with Gasteiger partial charge in [-0.15, -0.1) is 0 Å². The van der Waals surface area contributed by atoms with Crippen molar-refractivity contribution >= 4 is 11.8 Å². The third kappa shape index (κ3) is 6.26. The summed E-state index contributed by atoms with van der Waals surface area (Å²) < 4.78 is 5.78. The molecule has 33 heavy (non-hydrogen) atoms. The molecule has 2 aliphatic carbocycles. The predicted octanol–water partition coefficient (Wildman–Crippen LogP) is 4.75. The lowest BCUT2D eigenvalue weighted by molar-refractivity contribution is 0.321.